The third-order valence-electron chi connectivity index (χ3n) is 7.72. The van der Waals surface area contributed by atoms with Crippen molar-refractivity contribution in [2.24, 2.45) is 0 Å². The summed E-state index contributed by atoms with van der Waals surface area (Å²) in [4.78, 5) is 37.9. The number of carbonyl (C=O) groups excluding carboxylic acids is 2. The van der Waals surface area contributed by atoms with Crippen molar-refractivity contribution in [3.05, 3.63) is 71.9 Å². The number of benzene rings is 2. The third-order valence-corrected chi connectivity index (χ3v) is 7.72. The van der Waals surface area contributed by atoms with Crippen molar-refractivity contribution < 1.29 is 9.59 Å². The topological polar surface area (TPSA) is 56.8 Å². The fourth-order valence-corrected chi connectivity index (χ4v) is 5.67. The van der Waals surface area contributed by atoms with Gasteiger partial charge < -0.3 is 9.80 Å². The van der Waals surface area contributed by atoms with Crippen LogP contribution in [0.4, 0.5) is 5.69 Å². The lowest BCUT2D eigenvalue weighted by Gasteiger charge is -2.41. The zero-order valence-corrected chi connectivity index (χ0v) is 20.7. The van der Waals surface area contributed by atoms with E-state index in [1.54, 1.807) is 6.20 Å². The average molecular weight is 471 g/mol. The molecule has 182 valence electrons. The molecule has 0 saturated carbocycles. The molecule has 2 unspecified atom stereocenters. The van der Waals surface area contributed by atoms with E-state index in [0.29, 0.717) is 43.7 Å². The summed E-state index contributed by atoms with van der Waals surface area (Å²) in [6.07, 6.45) is 6.45. The lowest BCUT2D eigenvalue weighted by atomic mass is 9.93. The number of carbonyl (C=O) groups is 2. The van der Waals surface area contributed by atoms with E-state index in [4.69, 9.17) is 0 Å². The number of likely N-dealkylation sites (N-methyl/N-ethyl adjacent to an activating group) is 1. The second-order valence-electron chi connectivity index (χ2n) is 9.82. The number of hydrogen-bond donors (Lipinski definition) is 0. The maximum atomic E-state index is 13.9. The maximum absolute atomic E-state index is 13.9. The molecule has 6 nitrogen and oxygen atoms in total. The quantitative estimate of drug-likeness (QED) is 0.536. The van der Waals surface area contributed by atoms with Gasteiger partial charge in [-0.25, -0.2) is 0 Å². The molecule has 1 aromatic heterocycles. The van der Waals surface area contributed by atoms with Gasteiger partial charge in [-0.05, 0) is 50.1 Å². The van der Waals surface area contributed by atoms with Crippen LogP contribution in [0.15, 0.2) is 60.8 Å². The zero-order chi connectivity index (χ0) is 24.4. The Labute approximate surface area is 207 Å². The number of para-hydroxylation sites is 2. The molecule has 2 aliphatic rings. The first-order valence-electron chi connectivity index (χ1n) is 12.8. The molecule has 2 bridgehead atoms. The van der Waals surface area contributed by atoms with Gasteiger partial charge in [0.1, 0.15) is 0 Å². The normalized spacial score (nSPS) is 21.3. The predicted molar refractivity (Wildman–Crippen MR) is 139 cm³/mol. The molecule has 2 aromatic carbocycles. The van der Waals surface area contributed by atoms with E-state index in [-0.39, 0.29) is 11.8 Å². The molecule has 3 heterocycles. The number of nitrogens with zero attached hydrogens (tertiary/aromatic N) is 4. The zero-order valence-electron chi connectivity index (χ0n) is 20.7. The average Bonchev–Trinajstić information content (AvgIpc) is 2.90. The fourth-order valence-electron chi connectivity index (χ4n) is 5.67. The summed E-state index contributed by atoms with van der Waals surface area (Å²) >= 11 is 0. The van der Waals surface area contributed by atoms with Gasteiger partial charge in [0.2, 0.25) is 5.91 Å². The summed E-state index contributed by atoms with van der Waals surface area (Å²) in [6.45, 7) is 3.74. The highest BCUT2D eigenvalue weighted by Gasteiger charge is 2.33. The molecule has 5 rings (SSSR count). The van der Waals surface area contributed by atoms with Crippen LogP contribution in [0.2, 0.25) is 0 Å². The molecule has 0 spiro atoms. The summed E-state index contributed by atoms with van der Waals surface area (Å²) in [5, 5.41) is 0.964. The third kappa shape index (κ3) is 4.80. The van der Waals surface area contributed by atoms with Crippen molar-refractivity contribution in [2.45, 2.75) is 57.7 Å². The van der Waals surface area contributed by atoms with Gasteiger partial charge in [0.15, 0.2) is 0 Å². The van der Waals surface area contributed by atoms with Gasteiger partial charge >= 0.3 is 0 Å². The molecule has 1 saturated heterocycles. The minimum atomic E-state index is -0.0128. The van der Waals surface area contributed by atoms with Gasteiger partial charge in [-0.3, -0.25) is 19.5 Å². The molecule has 0 radical (unpaired) electrons. The Kier molecular flexibility index (Phi) is 6.82. The van der Waals surface area contributed by atoms with Crippen LogP contribution in [-0.4, -0.2) is 58.8 Å². The van der Waals surface area contributed by atoms with E-state index in [1.807, 2.05) is 65.3 Å². The monoisotopic (exact) mass is 470 g/mol. The van der Waals surface area contributed by atoms with Gasteiger partial charge in [0.25, 0.3) is 5.91 Å². The standard InChI is InChI=1S/C29H34N4O2/c1-3-28(34)33-16-15-24-11-8-12-25(31(24)2)20-32(19-22-10-5-7-14-27(22)33)29(35)23-17-21-9-4-6-13-26(21)30-18-23/h4-7,9-10,13-14,17-18,24-25H,3,8,11-12,15-16,19-20H2,1-2H3. The Morgan fingerprint density at radius 3 is 2.63 bits per heavy atom. The maximum Gasteiger partial charge on any atom is 0.255 e. The minimum absolute atomic E-state index is 0.0128. The molecule has 3 aromatic rings. The van der Waals surface area contributed by atoms with Crippen molar-refractivity contribution in [1.82, 2.24) is 14.8 Å². The molecule has 2 amide bonds. The summed E-state index contributed by atoms with van der Waals surface area (Å²) in [7, 11) is 2.19. The Bertz CT molecular complexity index is 1230. The van der Waals surface area contributed by atoms with E-state index in [9.17, 15) is 9.59 Å². The number of amides is 2. The first-order chi connectivity index (χ1) is 17.0. The second kappa shape index (κ2) is 10.2. The van der Waals surface area contributed by atoms with Gasteiger partial charge in [-0.1, -0.05) is 49.7 Å². The van der Waals surface area contributed by atoms with Crippen LogP contribution >= 0.6 is 0 Å². The van der Waals surface area contributed by atoms with E-state index < -0.39 is 0 Å². The Morgan fingerprint density at radius 2 is 1.77 bits per heavy atom. The van der Waals surface area contributed by atoms with Crippen LogP contribution in [0, 0.1) is 0 Å². The minimum Gasteiger partial charge on any atom is -0.333 e. The van der Waals surface area contributed by atoms with Crippen molar-refractivity contribution in [3.63, 3.8) is 0 Å². The SMILES string of the molecule is CCC(=O)N1CCC2CCCC(CN(C(=O)c3cnc4ccccc4c3)Cc3ccccc31)N2C. The van der Waals surface area contributed by atoms with Crippen LogP contribution in [0.1, 0.15) is 54.9 Å². The van der Waals surface area contributed by atoms with Gasteiger partial charge in [0, 0.05) is 55.4 Å². The number of aromatic nitrogens is 1. The van der Waals surface area contributed by atoms with Crippen molar-refractivity contribution >= 4 is 28.4 Å². The number of pyridine rings is 1. The molecule has 0 N–H and O–H groups in total. The molecule has 0 aliphatic carbocycles. The second-order valence-corrected chi connectivity index (χ2v) is 9.82. The van der Waals surface area contributed by atoms with Crippen molar-refractivity contribution in [2.75, 3.05) is 25.0 Å². The Morgan fingerprint density at radius 1 is 1.00 bits per heavy atom. The molecule has 35 heavy (non-hydrogen) atoms. The van der Waals surface area contributed by atoms with Crippen molar-refractivity contribution in [1.29, 1.82) is 0 Å². The highest BCUT2D eigenvalue weighted by molar-refractivity contribution is 5.98. The fraction of sp³-hybridized carbons (Fsp3) is 0.414. The van der Waals surface area contributed by atoms with Crippen molar-refractivity contribution in [3.8, 4) is 0 Å². The summed E-state index contributed by atoms with van der Waals surface area (Å²) < 4.78 is 0. The van der Waals surface area contributed by atoms with Crippen LogP contribution < -0.4 is 4.90 Å². The van der Waals surface area contributed by atoms with Crippen LogP contribution in [-0.2, 0) is 11.3 Å². The van der Waals surface area contributed by atoms with E-state index >= 15 is 0 Å². The number of fused-ring (bicyclic) bond motifs is 4. The van der Waals surface area contributed by atoms with E-state index in [2.05, 4.69) is 23.0 Å². The lowest BCUT2D eigenvalue weighted by Crippen LogP contribution is -2.50. The first kappa shape index (κ1) is 23.5. The molecule has 2 atom stereocenters. The van der Waals surface area contributed by atoms with Crippen LogP contribution in [0.3, 0.4) is 0 Å². The highest BCUT2D eigenvalue weighted by atomic mass is 16.2. The van der Waals surface area contributed by atoms with E-state index in [1.165, 1.54) is 0 Å². The van der Waals surface area contributed by atoms with Gasteiger partial charge in [-0.15, -0.1) is 0 Å². The summed E-state index contributed by atoms with van der Waals surface area (Å²) in [5.74, 6) is 0.115. The lowest BCUT2D eigenvalue weighted by molar-refractivity contribution is -0.118. The number of hydrogen-bond acceptors (Lipinski definition) is 4. The highest BCUT2D eigenvalue weighted by Crippen LogP contribution is 2.30. The van der Waals surface area contributed by atoms with Crippen LogP contribution in [0.25, 0.3) is 10.9 Å². The van der Waals surface area contributed by atoms with Crippen LogP contribution in [0.5, 0.6) is 0 Å². The smallest absolute Gasteiger partial charge is 0.255 e. The molecule has 2 aliphatic heterocycles. The number of rotatable bonds is 2. The Balaban J connectivity index is 1.56. The summed E-state index contributed by atoms with van der Waals surface area (Å²) in [6, 6.07) is 18.6. The molecular weight excluding hydrogens is 436 g/mol. The molecule has 1 fully saturated rings. The largest absolute Gasteiger partial charge is 0.333 e. The summed E-state index contributed by atoms with van der Waals surface area (Å²) in [5.41, 5.74) is 3.42. The van der Waals surface area contributed by atoms with E-state index in [0.717, 1.165) is 47.8 Å². The number of anilines is 1. The van der Waals surface area contributed by atoms with Gasteiger partial charge in [0.05, 0.1) is 11.1 Å². The number of piperidine rings is 1. The van der Waals surface area contributed by atoms with Gasteiger partial charge in [-0.2, -0.15) is 0 Å². The Hall–Kier alpha value is -3.25. The molecular formula is C29H34N4O2. The molecule has 6 heteroatoms. The first-order valence-corrected chi connectivity index (χ1v) is 12.8. The predicted octanol–water partition coefficient (Wildman–Crippen LogP) is 4.88.